The van der Waals surface area contributed by atoms with Gasteiger partial charge in [-0.3, -0.25) is 4.79 Å². The van der Waals surface area contributed by atoms with E-state index in [1.165, 1.54) is 5.57 Å². The molecular formula is C17H27NO3. The molecule has 2 unspecified atom stereocenters. The highest BCUT2D eigenvalue weighted by molar-refractivity contribution is 5.75. The van der Waals surface area contributed by atoms with Crippen molar-refractivity contribution in [3.63, 3.8) is 0 Å². The number of carbonyl (C=O) groups is 1. The summed E-state index contributed by atoms with van der Waals surface area (Å²) in [6, 6.07) is 0. The Morgan fingerprint density at radius 1 is 1.43 bits per heavy atom. The van der Waals surface area contributed by atoms with E-state index in [9.17, 15) is 4.79 Å². The molecule has 0 radical (unpaired) electrons. The Labute approximate surface area is 127 Å². The van der Waals surface area contributed by atoms with E-state index in [0.717, 1.165) is 32.2 Å². The first-order valence-corrected chi connectivity index (χ1v) is 8.09. The van der Waals surface area contributed by atoms with Crippen molar-refractivity contribution in [2.45, 2.75) is 57.3 Å². The summed E-state index contributed by atoms with van der Waals surface area (Å²) >= 11 is 0. The molecule has 2 saturated heterocycles. The zero-order valence-electron chi connectivity index (χ0n) is 13.6. The van der Waals surface area contributed by atoms with Gasteiger partial charge in [0.1, 0.15) is 12.2 Å². The van der Waals surface area contributed by atoms with Crippen LogP contribution in [0.4, 0.5) is 0 Å². The Hall–Kier alpha value is -0.870. The molecule has 0 N–H and O–H groups in total. The predicted octanol–water partition coefficient (Wildman–Crippen LogP) is 2.38. The standard InChI is InChI=1S/C17H27NO3/c1-11-6-5-9-17(2)15(21-17)14-12(8-7-11)13(10-18(3)4)16(19)20-14/h6,12-15H,5,7-10H2,1-4H3/b11-6+/t12?,13-,14-,15?,17+/m0/s1. The van der Waals surface area contributed by atoms with Gasteiger partial charge in [0.05, 0.1) is 11.5 Å². The number of epoxide rings is 1. The summed E-state index contributed by atoms with van der Waals surface area (Å²) in [4.78, 5) is 14.4. The van der Waals surface area contributed by atoms with Crippen molar-refractivity contribution >= 4 is 5.97 Å². The van der Waals surface area contributed by atoms with Crippen molar-refractivity contribution in [3.05, 3.63) is 11.6 Å². The third kappa shape index (κ3) is 2.88. The largest absolute Gasteiger partial charge is 0.459 e. The molecule has 3 aliphatic rings. The molecule has 0 bridgehead atoms. The maximum atomic E-state index is 12.3. The number of fused-ring (bicyclic) bond motifs is 3. The number of rotatable bonds is 2. The van der Waals surface area contributed by atoms with Crippen LogP contribution in [0.25, 0.3) is 0 Å². The first kappa shape index (κ1) is 15.0. The fraction of sp³-hybridized carbons (Fsp3) is 0.824. The molecule has 4 nitrogen and oxygen atoms in total. The minimum atomic E-state index is -0.0929. The van der Waals surface area contributed by atoms with E-state index in [4.69, 9.17) is 9.47 Å². The number of ether oxygens (including phenoxy) is 2. The fourth-order valence-corrected chi connectivity index (χ4v) is 3.94. The van der Waals surface area contributed by atoms with Crippen LogP contribution < -0.4 is 0 Å². The van der Waals surface area contributed by atoms with Crippen LogP contribution in [-0.2, 0) is 14.3 Å². The molecule has 0 aromatic carbocycles. The molecule has 5 atom stereocenters. The normalized spacial score (nSPS) is 45.4. The summed E-state index contributed by atoms with van der Waals surface area (Å²) in [5.41, 5.74) is 1.34. The summed E-state index contributed by atoms with van der Waals surface area (Å²) in [6.07, 6.45) is 6.56. The molecule has 21 heavy (non-hydrogen) atoms. The van der Waals surface area contributed by atoms with Crippen molar-refractivity contribution in [1.82, 2.24) is 4.90 Å². The van der Waals surface area contributed by atoms with Gasteiger partial charge in [0, 0.05) is 12.5 Å². The topological polar surface area (TPSA) is 42.1 Å². The van der Waals surface area contributed by atoms with Crippen LogP contribution in [0.15, 0.2) is 11.6 Å². The number of hydrogen-bond acceptors (Lipinski definition) is 4. The molecule has 118 valence electrons. The van der Waals surface area contributed by atoms with Crippen molar-refractivity contribution < 1.29 is 14.3 Å². The van der Waals surface area contributed by atoms with Gasteiger partial charge in [0.2, 0.25) is 0 Å². The molecule has 3 rings (SSSR count). The predicted molar refractivity (Wildman–Crippen MR) is 80.9 cm³/mol. The molecule has 2 aliphatic heterocycles. The van der Waals surface area contributed by atoms with E-state index in [0.29, 0.717) is 0 Å². The monoisotopic (exact) mass is 293 g/mol. The maximum absolute atomic E-state index is 12.3. The van der Waals surface area contributed by atoms with Crippen LogP contribution >= 0.6 is 0 Å². The van der Waals surface area contributed by atoms with Gasteiger partial charge >= 0.3 is 5.97 Å². The Kier molecular flexibility index (Phi) is 3.87. The summed E-state index contributed by atoms with van der Waals surface area (Å²) in [6.45, 7) is 5.13. The van der Waals surface area contributed by atoms with Crippen LogP contribution in [0.3, 0.4) is 0 Å². The fourth-order valence-electron chi connectivity index (χ4n) is 3.94. The Balaban J connectivity index is 1.83. The maximum Gasteiger partial charge on any atom is 0.311 e. The van der Waals surface area contributed by atoms with E-state index in [1.807, 2.05) is 14.1 Å². The lowest BCUT2D eigenvalue weighted by molar-refractivity contribution is -0.145. The second kappa shape index (κ2) is 5.40. The zero-order chi connectivity index (χ0) is 15.2. The number of nitrogens with zero attached hydrogens (tertiary/aromatic N) is 1. The molecule has 2 fully saturated rings. The average Bonchev–Trinajstić information content (AvgIpc) is 2.97. The minimum absolute atomic E-state index is 0.00863. The van der Waals surface area contributed by atoms with Crippen LogP contribution in [0.2, 0.25) is 0 Å². The molecule has 0 spiro atoms. The van der Waals surface area contributed by atoms with Crippen LogP contribution in [0.5, 0.6) is 0 Å². The summed E-state index contributed by atoms with van der Waals surface area (Å²) in [7, 11) is 4.04. The van der Waals surface area contributed by atoms with Crippen molar-refractivity contribution in [2.75, 3.05) is 20.6 Å². The van der Waals surface area contributed by atoms with Crippen LogP contribution in [0, 0.1) is 11.8 Å². The van der Waals surface area contributed by atoms with Crippen molar-refractivity contribution in [1.29, 1.82) is 0 Å². The Morgan fingerprint density at radius 3 is 2.90 bits per heavy atom. The average molecular weight is 293 g/mol. The SMILES string of the molecule is C/C1=C\CC[C@@]2(C)OC2[C@H]2OC(=O)[C@@H](CN(C)C)C2CC1. The lowest BCUT2D eigenvalue weighted by Crippen LogP contribution is -2.34. The number of carbonyl (C=O) groups excluding carboxylic acids is 1. The van der Waals surface area contributed by atoms with E-state index < -0.39 is 0 Å². The Bertz CT molecular complexity index is 459. The molecule has 0 saturated carbocycles. The highest BCUT2D eigenvalue weighted by Gasteiger charge is 2.62. The van der Waals surface area contributed by atoms with Crippen molar-refractivity contribution in [2.24, 2.45) is 11.8 Å². The second-order valence-electron chi connectivity index (χ2n) is 7.41. The van der Waals surface area contributed by atoms with E-state index in [-0.39, 0.29) is 35.6 Å². The lowest BCUT2D eigenvalue weighted by atomic mass is 9.80. The van der Waals surface area contributed by atoms with Gasteiger partial charge < -0.3 is 14.4 Å². The molecule has 1 aliphatic carbocycles. The molecule has 0 aromatic heterocycles. The van der Waals surface area contributed by atoms with Crippen LogP contribution in [0.1, 0.15) is 39.5 Å². The van der Waals surface area contributed by atoms with Gasteiger partial charge in [0.15, 0.2) is 0 Å². The third-order valence-corrected chi connectivity index (χ3v) is 5.30. The molecule has 0 aromatic rings. The van der Waals surface area contributed by atoms with E-state index >= 15 is 0 Å². The number of hydrogen-bond donors (Lipinski definition) is 0. The highest BCUT2D eigenvalue weighted by atomic mass is 16.6. The summed E-state index contributed by atoms with van der Waals surface area (Å²) in [5, 5.41) is 0. The van der Waals surface area contributed by atoms with Gasteiger partial charge in [0.25, 0.3) is 0 Å². The van der Waals surface area contributed by atoms with Gasteiger partial charge in [-0.05, 0) is 53.6 Å². The van der Waals surface area contributed by atoms with E-state index in [2.05, 4.69) is 24.8 Å². The van der Waals surface area contributed by atoms with Crippen molar-refractivity contribution in [3.8, 4) is 0 Å². The molecular weight excluding hydrogens is 266 g/mol. The molecule has 0 amide bonds. The quantitative estimate of drug-likeness (QED) is 0.445. The summed E-state index contributed by atoms with van der Waals surface area (Å²) in [5.74, 6) is 0.247. The van der Waals surface area contributed by atoms with Gasteiger partial charge in [-0.25, -0.2) is 0 Å². The van der Waals surface area contributed by atoms with E-state index in [1.54, 1.807) is 0 Å². The minimum Gasteiger partial charge on any atom is -0.459 e. The lowest BCUT2D eigenvalue weighted by Gasteiger charge is -2.23. The van der Waals surface area contributed by atoms with Gasteiger partial charge in [-0.1, -0.05) is 11.6 Å². The number of allylic oxidation sites excluding steroid dienone is 2. The Morgan fingerprint density at radius 2 is 2.19 bits per heavy atom. The first-order valence-electron chi connectivity index (χ1n) is 8.09. The molecule has 2 heterocycles. The van der Waals surface area contributed by atoms with Gasteiger partial charge in [-0.2, -0.15) is 0 Å². The van der Waals surface area contributed by atoms with Crippen LogP contribution in [-0.4, -0.2) is 49.3 Å². The summed E-state index contributed by atoms with van der Waals surface area (Å²) < 4.78 is 11.7. The smallest absolute Gasteiger partial charge is 0.311 e. The number of esters is 1. The second-order valence-corrected chi connectivity index (χ2v) is 7.41. The third-order valence-electron chi connectivity index (χ3n) is 5.30. The highest BCUT2D eigenvalue weighted by Crippen LogP contribution is 2.50. The van der Waals surface area contributed by atoms with Gasteiger partial charge in [-0.15, -0.1) is 0 Å². The first-order chi connectivity index (χ1) is 9.90. The molecule has 4 heteroatoms. The zero-order valence-corrected chi connectivity index (χ0v) is 13.6.